The minimum atomic E-state index is -0.0725. The zero-order chi connectivity index (χ0) is 13.9. The zero-order valence-electron chi connectivity index (χ0n) is 11.1. The number of aromatic nitrogens is 1. The number of hydrogen-bond donors (Lipinski definition) is 2. The Hall–Kier alpha value is -1.27. The summed E-state index contributed by atoms with van der Waals surface area (Å²) in [4.78, 5) is 17.9. The number of nitrogen functional groups attached to an aromatic ring is 1. The van der Waals surface area contributed by atoms with E-state index in [0.29, 0.717) is 15.8 Å². The Morgan fingerprint density at radius 1 is 1.50 bits per heavy atom. The van der Waals surface area contributed by atoms with E-state index < -0.39 is 0 Å². The lowest BCUT2D eigenvalue weighted by Crippen LogP contribution is -2.31. The lowest BCUT2D eigenvalue weighted by Gasteiger charge is -2.21. The molecule has 2 aromatic heterocycles. The van der Waals surface area contributed by atoms with E-state index in [0.717, 1.165) is 16.8 Å². The number of rotatable bonds is 3. The second-order valence-electron chi connectivity index (χ2n) is 4.90. The Labute approximate surface area is 126 Å². The number of hydrogen-bond acceptors (Lipinski definition) is 5. The van der Waals surface area contributed by atoms with Crippen LogP contribution in [0.15, 0.2) is 18.3 Å². The number of carbonyl (C=O) groups excluding carboxylic acids is 1. The minimum absolute atomic E-state index is 0.0725. The Morgan fingerprint density at radius 2 is 2.40 bits per heavy atom. The highest BCUT2D eigenvalue weighted by Gasteiger charge is 2.19. The molecule has 1 amide bonds. The quantitative estimate of drug-likeness (QED) is 0.915. The summed E-state index contributed by atoms with van der Waals surface area (Å²) in [5.41, 5.74) is 6.60. The molecule has 106 valence electrons. The van der Waals surface area contributed by atoms with Crippen LogP contribution in [-0.2, 0) is 0 Å². The second-order valence-corrected chi connectivity index (χ2v) is 7.31. The van der Waals surface area contributed by atoms with E-state index in [1.54, 1.807) is 6.20 Å². The molecule has 3 N–H and O–H groups in total. The maximum absolute atomic E-state index is 12.3. The standard InChI is InChI=1S/C14H17N3OS2/c15-11-10-5-3-6-16-14(10)20-12(11)13(18)17-8-9-4-1-2-7-19-9/h3,5-6,9H,1-2,4,7-8,15H2,(H,17,18). The number of nitrogens with one attached hydrogen (secondary N) is 1. The van der Waals surface area contributed by atoms with Gasteiger partial charge < -0.3 is 11.1 Å². The molecule has 1 aliphatic rings. The molecule has 0 bridgehead atoms. The van der Waals surface area contributed by atoms with E-state index in [9.17, 15) is 4.79 Å². The van der Waals surface area contributed by atoms with Crippen LogP contribution in [0.25, 0.3) is 10.2 Å². The van der Waals surface area contributed by atoms with Crippen molar-refractivity contribution >= 4 is 44.9 Å². The van der Waals surface area contributed by atoms with E-state index >= 15 is 0 Å². The third kappa shape index (κ3) is 2.76. The van der Waals surface area contributed by atoms with Gasteiger partial charge in [0.05, 0.1) is 5.69 Å². The average molecular weight is 307 g/mol. The maximum Gasteiger partial charge on any atom is 0.263 e. The summed E-state index contributed by atoms with van der Waals surface area (Å²) >= 11 is 3.32. The average Bonchev–Trinajstić information content (AvgIpc) is 2.84. The molecule has 20 heavy (non-hydrogen) atoms. The van der Waals surface area contributed by atoms with Gasteiger partial charge >= 0.3 is 0 Å². The van der Waals surface area contributed by atoms with Crippen LogP contribution in [0.3, 0.4) is 0 Å². The summed E-state index contributed by atoms with van der Waals surface area (Å²) in [6.07, 6.45) is 5.47. The fourth-order valence-electron chi connectivity index (χ4n) is 2.37. The van der Waals surface area contributed by atoms with Gasteiger partial charge in [-0.1, -0.05) is 6.42 Å². The monoisotopic (exact) mass is 307 g/mol. The van der Waals surface area contributed by atoms with Crippen molar-refractivity contribution in [3.05, 3.63) is 23.2 Å². The molecule has 0 spiro atoms. The molecule has 1 saturated heterocycles. The molecule has 1 unspecified atom stereocenters. The second kappa shape index (κ2) is 6.01. The topological polar surface area (TPSA) is 68.0 Å². The molecule has 0 aliphatic carbocycles. The van der Waals surface area contributed by atoms with Gasteiger partial charge in [-0.25, -0.2) is 4.98 Å². The fraction of sp³-hybridized carbons (Fsp3) is 0.429. The number of amides is 1. The third-order valence-electron chi connectivity index (χ3n) is 3.48. The van der Waals surface area contributed by atoms with Gasteiger partial charge in [0.2, 0.25) is 0 Å². The molecule has 0 saturated carbocycles. The number of thioether (sulfide) groups is 1. The number of carbonyl (C=O) groups is 1. The summed E-state index contributed by atoms with van der Waals surface area (Å²) < 4.78 is 0. The van der Waals surface area contributed by atoms with Crippen LogP contribution in [0.4, 0.5) is 5.69 Å². The Kier molecular flexibility index (Phi) is 4.12. The summed E-state index contributed by atoms with van der Waals surface area (Å²) in [5.74, 6) is 1.13. The first kappa shape index (κ1) is 13.7. The lowest BCUT2D eigenvalue weighted by atomic mass is 10.2. The first-order chi connectivity index (χ1) is 9.75. The predicted molar refractivity (Wildman–Crippen MR) is 86.5 cm³/mol. The minimum Gasteiger partial charge on any atom is -0.397 e. The van der Waals surface area contributed by atoms with Crippen LogP contribution in [0.5, 0.6) is 0 Å². The Bertz CT molecular complexity index is 620. The number of anilines is 1. The molecule has 6 heteroatoms. The van der Waals surface area contributed by atoms with Crippen molar-refractivity contribution in [1.82, 2.24) is 10.3 Å². The largest absolute Gasteiger partial charge is 0.397 e. The number of nitrogens with zero attached hydrogens (tertiary/aromatic N) is 1. The van der Waals surface area contributed by atoms with Gasteiger partial charge in [-0.3, -0.25) is 4.79 Å². The third-order valence-corrected chi connectivity index (χ3v) is 6.00. The first-order valence-corrected chi connectivity index (χ1v) is 8.65. The van der Waals surface area contributed by atoms with E-state index in [2.05, 4.69) is 10.3 Å². The van der Waals surface area contributed by atoms with Gasteiger partial charge in [0.25, 0.3) is 5.91 Å². The summed E-state index contributed by atoms with van der Waals surface area (Å²) in [7, 11) is 0. The van der Waals surface area contributed by atoms with Gasteiger partial charge in [0.1, 0.15) is 9.71 Å². The highest BCUT2D eigenvalue weighted by Crippen LogP contribution is 2.32. The number of thiophene rings is 1. The van der Waals surface area contributed by atoms with Crippen LogP contribution < -0.4 is 11.1 Å². The van der Waals surface area contributed by atoms with Crippen LogP contribution >= 0.6 is 23.1 Å². The lowest BCUT2D eigenvalue weighted by molar-refractivity contribution is 0.0958. The van der Waals surface area contributed by atoms with Crippen molar-refractivity contribution in [1.29, 1.82) is 0 Å². The van der Waals surface area contributed by atoms with E-state index in [4.69, 9.17) is 5.73 Å². The van der Waals surface area contributed by atoms with Crippen LogP contribution in [0, 0.1) is 0 Å². The zero-order valence-corrected chi connectivity index (χ0v) is 12.7. The van der Waals surface area contributed by atoms with Crippen molar-refractivity contribution in [3.63, 3.8) is 0 Å². The van der Waals surface area contributed by atoms with Crippen LogP contribution in [0.1, 0.15) is 28.9 Å². The van der Waals surface area contributed by atoms with Crippen molar-refractivity contribution in [2.45, 2.75) is 24.5 Å². The molecule has 4 nitrogen and oxygen atoms in total. The van der Waals surface area contributed by atoms with Crippen molar-refractivity contribution in [3.8, 4) is 0 Å². The molecular weight excluding hydrogens is 290 g/mol. The maximum atomic E-state index is 12.3. The van der Waals surface area contributed by atoms with Gasteiger partial charge in [-0.05, 0) is 30.7 Å². The van der Waals surface area contributed by atoms with E-state index in [1.165, 1.54) is 36.4 Å². The number of nitrogens with two attached hydrogens (primary N) is 1. The molecule has 3 heterocycles. The smallest absolute Gasteiger partial charge is 0.263 e. The summed E-state index contributed by atoms with van der Waals surface area (Å²) in [6, 6.07) is 3.74. The molecule has 1 atom stereocenters. The van der Waals surface area contributed by atoms with Gasteiger partial charge in [-0.15, -0.1) is 11.3 Å². The van der Waals surface area contributed by atoms with Crippen molar-refractivity contribution in [2.24, 2.45) is 0 Å². The molecule has 0 aromatic carbocycles. The molecule has 1 fully saturated rings. The molecule has 1 aliphatic heterocycles. The number of pyridine rings is 1. The van der Waals surface area contributed by atoms with Crippen LogP contribution in [-0.4, -0.2) is 28.4 Å². The number of fused-ring (bicyclic) bond motifs is 1. The molecule has 3 rings (SSSR count). The SMILES string of the molecule is Nc1c(C(=O)NCC2CCCCS2)sc2ncccc12. The highest BCUT2D eigenvalue weighted by atomic mass is 32.2. The van der Waals surface area contributed by atoms with Gasteiger partial charge in [0.15, 0.2) is 0 Å². The summed E-state index contributed by atoms with van der Waals surface area (Å²) in [6.45, 7) is 0.727. The molecule has 0 radical (unpaired) electrons. The fourth-order valence-corrected chi connectivity index (χ4v) is 4.59. The van der Waals surface area contributed by atoms with Crippen LogP contribution in [0.2, 0.25) is 0 Å². The normalized spacial score (nSPS) is 19.1. The van der Waals surface area contributed by atoms with Crippen molar-refractivity contribution < 1.29 is 4.79 Å². The molecular formula is C14H17N3OS2. The summed E-state index contributed by atoms with van der Waals surface area (Å²) in [5, 5.41) is 4.43. The highest BCUT2D eigenvalue weighted by molar-refractivity contribution is 7.99. The molecule has 2 aromatic rings. The van der Waals surface area contributed by atoms with Gasteiger partial charge in [0, 0.05) is 23.4 Å². The predicted octanol–water partition coefficient (Wildman–Crippen LogP) is 2.89. The first-order valence-electron chi connectivity index (χ1n) is 6.78. The van der Waals surface area contributed by atoms with E-state index in [1.807, 2.05) is 23.9 Å². The van der Waals surface area contributed by atoms with Crippen molar-refractivity contribution in [2.75, 3.05) is 18.0 Å². The Balaban J connectivity index is 1.70. The van der Waals surface area contributed by atoms with Gasteiger partial charge in [-0.2, -0.15) is 11.8 Å². The van der Waals surface area contributed by atoms with E-state index in [-0.39, 0.29) is 5.91 Å². The Morgan fingerprint density at radius 3 is 3.15 bits per heavy atom.